The molecule has 1 heterocycles. The molecule has 3 heteroatoms. The van der Waals surface area contributed by atoms with E-state index in [-0.39, 0.29) is 18.1 Å². The van der Waals surface area contributed by atoms with Crippen LogP contribution < -0.4 is 0 Å². The van der Waals surface area contributed by atoms with Gasteiger partial charge in [0.05, 0.1) is 24.9 Å². The monoisotopic (exact) mass is 280 g/mol. The Labute approximate surface area is 122 Å². The molecule has 2 aliphatic carbocycles. The fourth-order valence-electron chi connectivity index (χ4n) is 4.05. The van der Waals surface area contributed by atoms with Crippen LogP contribution in [0.2, 0.25) is 0 Å². The number of aliphatic hydroxyl groups excluding tert-OH is 2. The Bertz CT molecular complexity index is 354. The van der Waals surface area contributed by atoms with Crippen molar-refractivity contribution in [1.82, 2.24) is 0 Å². The Morgan fingerprint density at radius 2 is 1.95 bits per heavy atom. The topological polar surface area (TPSA) is 49.7 Å². The highest BCUT2D eigenvalue weighted by atomic mass is 16.5. The lowest BCUT2D eigenvalue weighted by Crippen LogP contribution is -2.26. The minimum Gasteiger partial charge on any atom is -0.393 e. The van der Waals surface area contributed by atoms with Crippen LogP contribution in [0.5, 0.6) is 0 Å². The molecule has 0 amide bonds. The molecule has 0 bridgehead atoms. The fraction of sp³-hybridized carbons (Fsp3) is 0.882. The minimum atomic E-state index is -0.258. The lowest BCUT2D eigenvalue weighted by Gasteiger charge is -2.23. The average Bonchev–Trinajstić information content (AvgIpc) is 3.10. The highest BCUT2D eigenvalue weighted by molar-refractivity contribution is 5.04. The van der Waals surface area contributed by atoms with Gasteiger partial charge in [0.15, 0.2) is 0 Å². The van der Waals surface area contributed by atoms with E-state index in [2.05, 4.69) is 19.1 Å². The normalized spacial score (nSPS) is 51.0. The summed E-state index contributed by atoms with van der Waals surface area (Å²) in [5.41, 5.74) is 0. The van der Waals surface area contributed by atoms with E-state index in [0.29, 0.717) is 23.9 Å². The SMILES string of the molecule is C[C@H]1CCC/C=C/[C@@H]2C[C@H](O)C[C@H]2[C@H](O)C2CC2CO1. The predicted molar refractivity (Wildman–Crippen MR) is 78.2 cm³/mol. The summed E-state index contributed by atoms with van der Waals surface area (Å²) in [6, 6.07) is 0. The van der Waals surface area contributed by atoms with Gasteiger partial charge in [0.25, 0.3) is 0 Å². The summed E-state index contributed by atoms with van der Waals surface area (Å²) in [7, 11) is 0. The molecule has 114 valence electrons. The minimum absolute atomic E-state index is 0.231. The van der Waals surface area contributed by atoms with Gasteiger partial charge < -0.3 is 14.9 Å². The zero-order valence-electron chi connectivity index (χ0n) is 12.4. The Morgan fingerprint density at radius 1 is 1.10 bits per heavy atom. The molecule has 2 N–H and O–H groups in total. The van der Waals surface area contributed by atoms with Crippen LogP contribution in [0.1, 0.15) is 45.4 Å². The molecule has 0 aromatic rings. The molecule has 0 aromatic carbocycles. The second kappa shape index (κ2) is 6.17. The van der Waals surface area contributed by atoms with Crippen LogP contribution in [-0.4, -0.2) is 35.1 Å². The van der Waals surface area contributed by atoms with Crippen molar-refractivity contribution in [3.63, 3.8) is 0 Å². The number of allylic oxidation sites excluding steroid dienone is 2. The molecule has 3 nitrogen and oxygen atoms in total. The quantitative estimate of drug-likeness (QED) is 0.670. The first-order valence-electron chi connectivity index (χ1n) is 8.29. The maximum Gasteiger partial charge on any atom is 0.0606 e. The summed E-state index contributed by atoms with van der Waals surface area (Å²) < 4.78 is 5.91. The number of fused-ring (bicyclic) bond motifs is 2. The van der Waals surface area contributed by atoms with Gasteiger partial charge >= 0.3 is 0 Å². The summed E-state index contributed by atoms with van der Waals surface area (Å²) >= 11 is 0. The van der Waals surface area contributed by atoms with Crippen LogP contribution in [0.4, 0.5) is 0 Å². The highest BCUT2D eigenvalue weighted by Crippen LogP contribution is 2.48. The lowest BCUT2D eigenvalue weighted by atomic mass is 9.87. The molecule has 3 rings (SSSR count). The lowest BCUT2D eigenvalue weighted by molar-refractivity contribution is 0.0303. The predicted octanol–water partition coefficient (Wildman–Crippen LogP) is 2.52. The number of rotatable bonds is 0. The van der Waals surface area contributed by atoms with Crippen molar-refractivity contribution in [3.8, 4) is 0 Å². The molecule has 0 spiro atoms. The summed E-state index contributed by atoms with van der Waals surface area (Å²) in [4.78, 5) is 0. The third kappa shape index (κ3) is 3.26. The van der Waals surface area contributed by atoms with Crippen molar-refractivity contribution in [2.45, 2.75) is 63.8 Å². The van der Waals surface area contributed by atoms with Gasteiger partial charge in [-0.05, 0) is 69.1 Å². The van der Waals surface area contributed by atoms with Crippen molar-refractivity contribution < 1.29 is 14.9 Å². The van der Waals surface area contributed by atoms with E-state index in [0.717, 1.165) is 45.1 Å². The van der Waals surface area contributed by atoms with Gasteiger partial charge in [0.2, 0.25) is 0 Å². The highest BCUT2D eigenvalue weighted by Gasteiger charge is 2.48. The standard InChI is InChI=1S/C17H28O3/c1-11-5-3-2-4-6-12-7-14(18)9-16(12)17(19)15-8-13(15)10-20-11/h4,6,11-19H,2-3,5,7-10H2,1H3/b6-4+/t11-,12+,13?,14-,15?,16+,17+/m0/s1. The zero-order valence-corrected chi connectivity index (χ0v) is 12.4. The van der Waals surface area contributed by atoms with Crippen LogP contribution in [0.25, 0.3) is 0 Å². The van der Waals surface area contributed by atoms with E-state index in [1.165, 1.54) is 0 Å². The van der Waals surface area contributed by atoms with E-state index in [1.807, 2.05) is 0 Å². The molecule has 0 aromatic heterocycles. The van der Waals surface area contributed by atoms with Crippen LogP contribution >= 0.6 is 0 Å². The largest absolute Gasteiger partial charge is 0.393 e. The molecule has 2 unspecified atom stereocenters. The van der Waals surface area contributed by atoms with Crippen molar-refractivity contribution in [3.05, 3.63) is 12.2 Å². The van der Waals surface area contributed by atoms with Crippen molar-refractivity contribution in [1.29, 1.82) is 0 Å². The number of hydrogen-bond donors (Lipinski definition) is 2. The third-order valence-electron chi connectivity index (χ3n) is 5.45. The number of aliphatic hydroxyl groups is 2. The van der Waals surface area contributed by atoms with E-state index in [9.17, 15) is 10.2 Å². The van der Waals surface area contributed by atoms with Gasteiger partial charge in [0.1, 0.15) is 0 Å². The van der Waals surface area contributed by atoms with Crippen LogP contribution in [-0.2, 0) is 4.74 Å². The Morgan fingerprint density at radius 3 is 2.80 bits per heavy atom. The summed E-state index contributed by atoms with van der Waals surface area (Å²) in [5, 5.41) is 20.6. The van der Waals surface area contributed by atoms with E-state index < -0.39 is 0 Å². The second-order valence-corrected chi connectivity index (χ2v) is 7.11. The maximum atomic E-state index is 10.6. The molecule has 0 radical (unpaired) electrons. The Kier molecular flexibility index (Phi) is 4.49. The first kappa shape index (κ1) is 14.6. The second-order valence-electron chi connectivity index (χ2n) is 7.11. The van der Waals surface area contributed by atoms with Gasteiger partial charge in [-0.15, -0.1) is 0 Å². The molecule has 7 atom stereocenters. The molecule has 1 aliphatic heterocycles. The van der Waals surface area contributed by atoms with E-state index in [4.69, 9.17) is 4.74 Å². The first-order valence-corrected chi connectivity index (χ1v) is 8.29. The van der Waals surface area contributed by atoms with Gasteiger partial charge in [0, 0.05) is 0 Å². The maximum absolute atomic E-state index is 10.6. The van der Waals surface area contributed by atoms with E-state index in [1.54, 1.807) is 0 Å². The van der Waals surface area contributed by atoms with Gasteiger partial charge in [-0.25, -0.2) is 0 Å². The van der Waals surface area contributed by atoms with Crippen LogP contribution in [0.3, 0.4) is 0 Å². The molecule has 20 heavy (non-hydrogen) atoms. The molecule has 0 saturated heterocycles. The third-order valence-corrected chi connectivity index (χ3v) is 5.45. The fourth-order valence-corrected chi connectivity index (χ4v) is 4.05. The molecule has 3 aliphatic rings. The zero-order chi connectivity index (χ0) is 14.1. The van der Waals surface area contributed by atoms with Crippen molar-refractivity contribution >= 4 is 0 Å². The summed E-state index contributed by atoms with van der Waals surface area (Å²) in [6.07, 6.45) is 10.4. The van der Waals surface area contributed by atoms with Crippen molar-refractivity contribution in [2.24, 2.45) is 23.7 Å². The van der Waals surface area contributed by atoms with Gasteiger partial charge in [-0.1, -0.05) is 12.2 Å². The van der Waals surface area contributed by atoms with Crippen LogP contribution in [0.15, 0.2) is 12.2 Å². The van der Waals surface area contributed by atoms with E-state index >= 15 is 0 Å². The summed E-state index contributed by atoms with van der Waals surface area (Å²) in [5.74, 6) is 1.54. The summed E-state index contributed by atoms with van der Waals surface area (Å²) in [6.45, 7) is 2.96. The molecular formula is C17H28O3. The Balaban J connectivity index is 1.69. The molecular weight excluding hydrogens is 252 g/mol. The average molecular weight is 280 g/mol. The van der Waals surface area contributed by atoms with Crippen molar-refractivity contribution in [2.75, 3.05) is 6.61 Å². The molecule has 2 saturated carbocycles. The Hall–Kier alpha value is -0.380. The number of hydrogen-bond acceptors (Lipinski definition) is 3. The smallest absolute Gasteiger partial charge is 0.0606 e. The molecule has 2 fully saturated rings. The van der Waals surface area contributed by atoms with Gasteiger partial charge in [-0.2, -0.15) is 0 Å². The van der Waals surface area contributed by atoms with Crippen LogP contribution in [0, 0.1) is 23.7 Å². The first-order chi connectivity index (χ1) is 9.65. The number of ether oxygens (including phenoxy) is 1. The van der Waals surface area contributed by atoms with Gasteiger partial charge in [-0.3, -0.25) is 0 Å².